The Morgan fingerprint density at radius 2 is 1.76 bits per heavy atom. The summed E-state index contributed by atoms with van der Waals surface area (Å²) in [6.45, 7) is 5.70. The van der Waals surface area contributed by atoms with Gasteiger partial charge in [-0.15, -0.1) is 0 Å². The van der Waals surface area contributed by atoms with E-state index in [-0.39, 0.29) is 32.0 Å². The van der Waals surface area contributed by atoms with Crippen molar-refractivity contribution >= 4 is 11.9 Å². The highest BCUT2D eigenvalue weighted by molar-refractivity contribution is 5.87. The summed E-state index contributed by atoms with van der Waals surface area (Å²) in [5.74, 6) is -2.75. The third kappa shape index (κ3) is 5.53. The van der Waals surface area contributed by atoms with Crippen molar-refractivity contribution in [2.75, 3.05) is 13.2 Å². The predicted molar refractivity (Wildman–Crippen MR) is 69.3 cm³/mol. The molecular formula is C13H22F3NO4. The monoisotopic (exact) mass is 313 g/mol. The third-order valence-corrected chi connectivity index (χ3v) is 2.39. The lowest BCUT2D eigenvalue weighted by Crippen LogP contribution is -2.66. The van der Waals surface area contributed by atoms with Gasteiger partial charge < -0.3 is 14.8 Å². The van der Waals surface area contributed by atoms with E-state index in [2.05, 4.69) is 9.47 Å². The third-order valence-electron chi connectivity index (χ3n) is 2.39. The molecule has 0 saturated carbocycles. The van der Waals surface area contributed by atoms with Crippen LogP contribution in [0.15, 0.2) is 0 Å². The molecule has 0 aliphatic rings. The number of carbonyl (C=O) groups excluding carboxylic acids is 2. The summed E-state index contributed by atoms with van der Waals surface area (Å²) >= 11 is 0. The van der Waals surface area contributed by atoms with Crippen molar-refractivity contribution in [2.24, 2.45) is 5.92 Å². The number of alkyl halides is 3. The van der Waals surface area contributed by atoms with Crippen molar-refractivity contribution < 1.29 is 32.2 Å². The molecule has 0 aliphatic carbocycles. The molecule has 1 N–H and O–H groups in total. The fourth-order valence-electron chi connectivity index (χ4n) is 1.52. The van der Waals surface area contributed by atoms with Crippen LogP contribution >= 0.6 is 0 Å². The zero-order valence-corrected chi connectivity index (χ0v) is 12.7. The topological polar surface area (TPSA) is 64.6 Å². The van der Waals surface area contributed by atoms with Gasteiger partial charge >= 0.3 is 17.9 Å². The SMILES string of the molecule is CCCO[C@](NC(=O)CC(C)C)(C(=O)OCC)C(F)(F)F. The number of nitrogens with one attached hydrogen (secondary N) is 1. The van der Waals surface area contributed by atoms with Gasteiger partial charge in [-0.05, 0) is 19.3 Å². The molecule has 0 radical (unpaired) electrons. The lowest BCUT2D eigenvalue weighted by Gasteiger charge is -2.33. The number of hydrogen-bond donors (Lipinski definition) is 1. The normalized spacial score (nSPS) is 14.7. The zero-order valence-electron chi connectivity index (χ0n) is 12.7. The minimum Gasteiger partial charge on any atom is -0.462 e. The molecule has 0 aromatic rings. The summed E-state index contributed by atoms with van der Waals surface area (Å²) in [5.41, 5.74) is -3.45. The maximum atomic E-state index is 13.3. The van der Waals surface area contributed by atoms with Crippen LogP contribution in [-0.2, 0) is 19.1 Å². The quantitative estimate of drug-likeness (QED) is 0.552. The maximum absolute atomic E-state index is 13.3. The molecule has 0 spiro atoms. The molecule has 21 heavy (non-hydrogen) atoms. The Morgan fingerprint density at radius 1 is 1.19 bits per heavy atom. The van der Waals surface area contributed by atoms with Gasteiger partial charge in [-0.2, -0.15) is 13.2 Å². The van der Waals surface area contributed by atoms with Crippen LogP contribution in [0.25, 0.3) is 0 Å². The minimum atomic E-state index is -5.12. The average Bonchev–Trinajstić information content (AvgIpc) is 2.32. The van der Waals surface area contributed by atoms with Gasteiger partial charge in [0.25, 0.3) is 0 Å². The zero-order chi connectivity index (χ0) is 16.7. The van der Waals surface area contributed by atoms with Crippen molar-refractivity contribution in [1.82, 2.24) is 5.32 Å². The minimum absolute atomic E-state index is 0.160. The molecule has 1 amide bonds. The van der Waals surface area contributed by atoms with Crippen molar-refractivity contribution in [3.63, 3.8) is 0 Å². The van der Waals surface area contributed by atoms with E-state index in [1.807, 2.05) is 0 Å². The smallest absolute Gasteiger partial charge is 0.448 e. The highest BCUT2D eigenvalue weighted by Gasteiger charge is 2.64. The summed E-state index contributed by atoms with van der Waals surface area (Å²) in [6.07, 6.45) is -5.04. The Kier molecular flexibility index (Phi) is 7.70. The second-order valence-electron chi connectivity index (χ2n) is 4.89. The maximum Gasteiger partial charge on any atom is 0.448 e. The number of amides is 1. The number of esters is 1. The van der Waals surface area contributed by atoms with Gasteiger partial charge in [-0.3, -0.25) is 4.79 Å². The summed E-state index contributed by atoms with van der Waals surface area (Å²) in [5, 5.41) is 1.66. The van der Waals surface area contributed by atoms with Crippen molar-refractivity contribution in [3.8, 4) is 0 Å². The number of hydrogen-bond acceptors (Lipinski definition) is 4. The fraction of sp³-hybridized carbons (Fsp3) is 0.846. The second kappa shape index (κ2) is 8.21. The van der Waals surface area contributed by atoms with E-state index in [9.17, 15) is 22.8 Å². The first-order chi connectivity index (χ1) is 9.60. The van der Waals surface area contributed by atoms with Crippen LogP contribution in [-0.4, -0.2) is 37.0 Å². The molecule has 8 heteroatoms. The molecule has 0 aliphatic heterocycles. The van der Waals surface area contributed by atoms with Crippen LogP contribution < -0.4 is 5.32 Å². The highest BCUT2D eigenvalue weighted by atomic mass is 19.4. The van der Waals surface area contributed by atoms with Gasteiger partial charge in [0, 0.05) is 6.42 Å². The van der Waals surface area contributed by atoms with Crippen LogP contribution in [0.2, 0.25) is 0 Å². The van der Waals surface area contributed by atoms with E-state index >= 15 is 0 Å². The Hall–Kier alpha value is -1.31. The van der Waals surface area contributed by atoms with Crippen LogP contribution in [0.4, 0.5) is 13.2 Å². The van der Waals surface area contributed by atoms with Crippen LogP contribution in [0.5, 0.6) is 0 Å². The van der Waals surface area contributed by atoms with Gasteiger partial charge in [0.1, 0.15) is 0 Å². The van der Waals surface area contributed by atoms with E-state index in [0.717, 1.165) is 0 Å². The molecule has 124 valence electrons. The number of ether oxygens (including phenoxy) is 2. The molecule has 0 aromatic carbocycles. The molecule has 0 aromatic heterocycles. The first kappa shape index (κ1) is 19.7. The van der Waals surface area contributed by atoms with Crippen molar-refractivity contribution in [2.45, 2.75) is 52.4 Å². The van der Waals surface area contributed by atoms with Gasteiger partial charge in [0.15, 0.2) is 0 Å². The number of rotatable bonds is 8. The molecule has 0 saturated heterocycles. The summed E-state index contributed by atoms with van der Waals surface area (Å²) in [4.78, 5) is 23.4. The Bertz CT molecular complexity index is 358. The molecule has 5 nitrogen and oxygen atoms in total. The highest BCUT2D eigenvalue weighted by Crippen LogP contribution is 2.33. The first-order valence-corrected chi connectivity index (χ1v) is 6.79. The Morgan fingerprint density at radius 3 is 2.14 bits per heavy atom. The van der Waals surface area contributed by atoms with Crippen LogP contribution in [0.1, 0.15) is 40.5 Å². The first-order valence-electron chi connectivity index (χ1n) is 6.79. The van der Waals surface area contributed by atoms with Crippen LogP contribution in [0.3, 0.4) is 0 Å². The molecular weight excluding hydrogens is 291 g/mol. The molecule has 0 unspecified atom stereocenters. The Labute approximate surface area is 122 Å². The molecule has 0 fully saturated rings. The van der Waals surface area contributed by atoms with E-state index in [1.165, 1.54) is 6.92 Å². The van der Waals surface area contributed by atoms with Crippen molar-refractivity contribution in [1.29, 1.82) is 0 Å². The molecule has 1 atom stereocenters. The molecule has 0 bridgehead atoms. The van der Waals surface area contributed by atoms with E-state index < -0.39 is 23.8 Å². The number of carbonyl (C=O) groups is 2. The Balaban J connectivity index is 5.45. The number of halogens is 3. The standard InChI is InChI=1S/C13H22F3NO4/c1-5-7-21-12(13(14,15)16,11(19)20-6-2)17-10(18)8-9(3)4/h9H,5-8H2,1-4H3,(H,17,18)/t12-/m1/s1. The average molecular weight is 313 g/mol. The molecule has 0 rings (SSSR count). The summed E-state index contributed by atoms with van der Waals surface area (Å²) in [6, 6.07) is 0. The van der Waals surface area contributed by atoms with E-state index in [1.54, 1.807) is 26.1 Å². The largest absolute Gasteiger partial charge is 0.462 e. The van der Waals surface area contributed by atoms with Gasteiger partial charge in [0.2, 0.25) is 5.91 Å². The van der Waals surface area contributed by atoms with Gasteiger partial charge in [0.05, 0.1) is 13.2 Å². The van der Waals surface area contributed by atoms with Crippen LogP contribution in [0, 0.1) is 5.92 Å². The van der Waals surface area contributed by atoms with E-state index in [4.69, 9.17) is 0 Å². The van der Waals surface area contributed by atoms with Gasteiger partial charge in [-0.1, -0.05) is 20.8 Å². The second-order valence-corrected chi connectivity index (χ2v) is 4.89. The fourth-order valence-corrected chi connectivity index (χ4v) is 1.52. The predicted octanol–water partition coefficient (Wildman–Crippen LogP) is 2.40. The summed E-state index contributed by atoms with van der Waals surface area (Å²) in [7, 11) is 0. The molecule has 0 heterocycles. The lowest BCUT2D eigenvalue weighted by atomic mass is 10.1. The lowest BCUT2D eigenvalue weighted by molar-refractivity contribution is -0.286. The van der Waals surface area contributed by atoms with Gasteiger partial charge in [-0.25, -0.2) is 4.79 Å². The van der Waals surface area contributed by atoms with Crippen molar-refractivity contribution in [3.05, 3.63) is 0 Å². The summed E-state index contributed by atoms with van der Waals surface area (Å²) < 4.78 is 49.1. The van der Waals surface area contributed by atoms with E-state index in [0.29, 0.717) is 0 Å².